The van der Waals surface area contributed by atoms with Gasteiger partial charge in [0, 0.05) is 45.3 Å². The first-order valence-corrected chi connectivity index (χ1v) is 28.7. The third kappa shape index (κ3) is 8.21. The zero-order valence-corrected chi connectivity index (χ0v) is 40.1. The molecule has 0 atom stereocenters. The SMILES string of the molecule is [2H]C([2H])([2H])c1ccc(-c2ccc3c(c2)sc2c(-c4nc5ccccc5n4-c4c(-c5ccccc5)cc(F)c5ccccc45)[c-]ccc23)cc1.[CH3][Ge]([CH3])([CH3])[c]1ccc(-c2[c-]cccc2)nc1.[Ir]. The van der Waals surface area contributed by atoms with Crippen LogP contribution in [0, 0.1) is 24.8 Å². The van der Waals surface area contributed by atoms with E-state index in [9.17, 15) is 0 Å². The average Bonchev–Trinajstić information content (AvgIpc) is 3.90. The van der Waals surface area contributed by atoms with Crippen LogP contribution in [0.25, 0.3) is 92.6 Å². The Kier molecular flexibility index (Phi) is 10.8. The van der Waals surface area contributed by atoms with Gasteiger partial charge in [0.2, 0.25) is 0 Å². The predicted octanol–water partition coefficient (Wildman–Crippen LogP) is 14.9. The molecular formula is C56H42FGeIrN3S-2. The molecule has 0 spiro atoms. The van der Waals surface area contributed by atoms with Gasteiger partial charge in [0.1, 0.15) is 5.82 Å². The number of imidazole rings is 1. The van der Waals surface area contributed by atoms with Crippen LogP contribution in [0.1, 0.15) is 9.68 Å². The summed E-state index contributed by atoms with van der Waals surface area (Å²) in [7, 11) is 0. The van der Waals surface area contributed by atoms with E-state index in [0.29, 0.717) is 10.9 Å². The molecule has 0 saturated heterocycles. The van der Waals surface area contributed by atoms with Gasteiger partial charge in [-0.05, 0) is 57.9 Å². The van der Waals surface area contributed by atoms with Gasteiger partial charge < -0.3 is 4.57 Å². The van der Waals surface area contributed by atoms with E-state index in [2.05, 4.69) is 81.4 Å². The van der Waals surface area contributed by atoms with Crippen LogP contribution in [0.15, 0.2) is 182 Å². The minimum absolute atomic E-state index is 0. The van der Waals surface area contributed by atoms with Gasteiger partial charge in [-0.1, -0.05) is 120 Å². The maximum Gasteiger partial charge on any atom is 0 e. The molecule has 11 rings (SSSR count). The summed E-state index contributed by atoms with van der Waals surface area (Å²) in [5.74, 6) is 7.60. The number of thiophene rings is 1. The number of aromatic nitrogens is 3. The van der Waals surface area contributed by atoms with Crippen LogP contribution in [0.4, 0.5) is 4.39 Å². The van der Waals surface area contributed by atoms with Crippen molar-refractivity contribution in [2.75, 3.05) is 0 Å². The summed E-state index contributed by atoms with van der Waals surface area (Å²) in [6, 6.07) is 63.8. The number of nitrogens with zero attached hydrogens (tertiary/aromatic N) is 3. The van der Waals surface area contributed by atoms with E-state index in [4.69, 9.17) is 9.10 Å². The number of hydrogen-bond acceptors (Lipinski definition) is 3. The Morgan fingerprint density at radius 2 is 1.40 bits per heavy atom. The molecule has 0 bridgehead atoms. The van der Waals surface area contributed by atoms with E-state index in [-0.39, 0.29) is 25.9 Å². The second-order valence-corrected chi connectivity index (χ2v) is 28.1. The zero-order valence-electron chi connectivity index (χ0n) is 37.8. The summed E-state index contributed by atoms with van der Waals surface area (Å²) in [5, 5.41) is 3.56. The fraction of sp³-hybridized carbons (Fsp3) is 0.0714. The van der Waals surface area contributed by atoms with E-state index in [1.54, 1.807) is 29.5 Å². The Labute approximate surface area is 391 Å². The molecule has 1 radical (unpaired) electrons. The standard InChI is InChI=1S/C42H26FN2S.C14H16GeN.Ir/c1-26-18-20-27(21-19-26)29-22-23-31-33-14-9-15-34(41(33)46-39(31)24-29)42-44-37-16-7-8-17-38(37)45(42)40-32-13-6-5-12-30(32)36(43)25-35(40)28-10-3-2-4-11-28;1-15(2,3)13-9-10-14(16-11-13)12-7-5-4-6-8-12;/h2-14,16-25H,1H3;4-7,9-11H,1-3H3;/q2*-1;/i1D3;;. The van der Waals surface area contributed by atoms with Gasteiger partial charge in [-0.2, -0.15) is 11.3 Å². The largest absolute Gasteiger partial charge is 0 e. The van der Waals surface area contributed by atoms with Crippen molar-refractivity contribution >= 4 is 71.0 Å². The zero-order chi connectivity index (χ0) is 44.9. The van der Waals surface area contributed by atoms with Gasteiger partial charge in [0.05, 0.1) is 22.5 Å². The smallest absolute Gasteiger partial charge is 0 e. The second kappa shape index (κ2) is 17.6. The van der Waals surface area contributed by atoms with Crippen molar-refractivity contribution in [2.45, 2.75) is 24.1 Å². The second-order valence-electron chi connectivity index (χ2n) is 16.4. The molecule has 0 unspecified atom stereocenters. The molecule has 0 aliphatic rings. The summed E-state index contributed by atoms with van der Waals surface area (Å²) < 4.78 is 44.7. The van der Waals surface area contributed by atoms with Gasteiger partial charge in [-0.25, -0.2) is 4.39 Å². The number of rotatable bonds is 6. The van der Waals surface area contributed by atoms with Crippen LogP contribution in [-0.2, 0) is 20.1 Å². The molecule has 7 heteroatoms. The first-order valence-electron chi connectivity index (χ1n) is 22.1. The number of para-hydroxylation sites is 2. The van der Waals surface area contributed by atoms with E-state index in [1.807, 2.05) is 121 Å². The summed E-state index contributed by atoms with van der Waals surface area (Å²) in [6.45, 7) is -2.14. The Hall–Kier alpha value is -6.02. The van der Waals surface area contributed by atoms with Crippen LogP contribution >= 0.6 is 11.3 Å². The quantitative estimate of drug-likeness (QED) is 0.123. The molecule has 11 aromatic rings. The first kappa shape index (κ1) is 38.6. The van der Waals surface area contributed by atoms with Crippen LogP contribution in [0.5, 0.6) is 0 Å². The Balaban J connectivity index is 0.000000273. The van der Waals surface area contributed by atoms with Crippen LogP contribution in [0.2, 0.25) is 17.3 Å². The van der Waals surface area contributed by atoms with E-state index >= 15 is 4.39 Å². The van der Waals surface area contributed by atoms with Gasteiger partial charge in [0.15, 0.2) is 0 Å². The van der Waals surface area contributed by atoms with Gasteiger partial charge in [-0.15, -0.1) is 18.2 Å². The van der Waals surface area contributed by atoms with Crippen molar-refractivity contribution in [3.05, 3.63) is 206 Å². The molecular weight excluding hydrogens is 1030 g/mol. The van der Waals surface area contributed by atoms with Crippen molar-refractivity contribution in [3.63, 3.8) is 0 Å². The van der Waals surface area contributed by atoms with Gasteiger partial charge in [-0.3, -0.25) is 4.98 Å². The summed E-state index contributed by atoms with van der Waals surface area (Å²) in [5.41, 5.74) is 9.54. The van der Waals surface area contributed by atoms with E-state index < -0.39 is 20.1 Å². The minimum Gasteiger partial charge on any atom is 0 e. The number of aryl methyl sites for hydroxylation is 1. The summed E-state index contributed by atoms with van der Waals surface area (Å²) >= 11 is -0.0307. The molecule has 0 fully saturated rings. The normalized spacial score (nSPS) is 12.3. The molecule has 0 N–H and O–H groups in total. The number of benzene rings is 8. The third-order valence-corrected chi connectivity index (χ3v) is 16.8. The molecule has 0 aliphatic carbocycles. The van der Waals surface area contributed by atoms with Crippen molar-refractivity contribution in [1.82, 2.24) is 14.5 Å². The molecule has 3 nitrogen and oxygen atoms in total. The molecule has 309 valence electrons. The van der Waals surface area contributed by atoms with Crippen molar-refractivity contribution in [2.24, 2.45) is 0 Å². The van der Waals surface area contributed by atoms with Gasteiger partial charge >= 0.3 is 99.8 Å². The van der Waals surface area contributed by atoms with E-state index in [1.165, 1.54) is 4.40 Å². The maximum atomic E-state index is 15.8. The molecule has 0 saturated carbocycles. The number of halogens is 1. The van der Waals surface area contributed by atoms with Crippen LogP contribution < -0.4 is 4.40 Å². The minimum atomic E-state index is -2.14. The number of pyridine rings is 1. The fourth-order valence-corrected chi connectivity index (χ4v) is 11.5. The van der Waals surface area contributed by atoms with Crippen LogP contribution in [-0.4, -0.2) is 27.8 Å². The average molecular weight is 1080 g/mol. The third-order valence-electron chi connectivity index (χ3n) is 11.3. The molecule has 63 heavy (non-hydrogen) atoms. The number of fused-ring (bicyclic) bond motifs is 5. The molecule has 0 aliphatic heterocycles. The molecule has 8 aromatic carbocycles. The maximum absolute atomic E-state index is 15.8. The summed E-state index contributed by atoms with van der Waals surface area (Å²) in [6.07, 6.45) is 2.04. The fourth-order valence-electron chi connectivity index (χ4n) is 8.11. The van der Waals surface area contributed by atoms with Crippen molar-refractivity contribution < 1.29 is 28.6 Å². The Morgan fingerprint density at radius 3 is 2.14 bits per heavy atom. The number of hydrogen-bond donors (Lipinski definition) is 0. The predicted molar refractivity (Wildman–Crippen MR) is 263 cm³/mol. The molecule has 3 aromatic heterocycles. The van der Waals surface area contributed by atoms with Crippen LogP contribution in [0.3, 0.4) is 0 Å². The van der Waals surface area contributed by atoms with Gasteiger partial charge in [0.25, 0.3) is 0 Å². The van der Waals surface area contributed by atoms with Crippen molar-refractivity contribution in [3.8, 4) is 50.6 Å². The molecule has 3 heterocycles. The summed E-state index contributed by atoms with van der Waals surface area (Å²) in [4.78, 5) is 9.77. The first-order chi connectivity index (χ1) is 31.4. The topological polar surface area (TPSA) is 30.7 Å². The Bertz CT molecular complexity index is 3510. The van der Waals surface area contributed by atoms with Crippen molar-refractivity contribution in [1.29, 1.82) is 0 Å². The van der Waals surface area contributed by atoms with E-state index in [0.717, 1.165) is 87.2 Å². The molecule has 0 amide bonds. The monoisotopic (exact) mass is 1080 g/mol. The Morgan fingerprint density at radius 1 is 0.651 bits per heavy atom.